The maximum absolute atomic E-state index is 12.6. The standard InChI is InChI=1S/C17H22N2O2/c1-18-16(21)19(13-14-8-4-2-5-9-14)15(20)12-17(18)10-6-3-7-11-17/h2,4-5,8-9H,3,6-7,10-13H2,1H3. The molecule has 0 N–H and O–H groups in total. The van der Waals surface area contributed by atoms with Crippen LogP contribution in [-0.4, -0.2) is 34.3 Å². The SMILES string of the molecule is CN1C(=O)N(Cc2ccccc2)C(=O)CC12CCCCC2. The highest BCUT2D eigenvalue weighted by Gasteiger charge is 2.47. The summed E-state index contributed by atoms with van der Waals surface area (Å²) in [5.41, 5.74) is 0.770. The summed E-state index contributed by atoms with van der Waals surface area (Å²) in [6.07, 6.45) is 5.83. The first kappa shape index (κ1) is 14.1. The predicted octanol–water partition coefficient (Wildman–Crippen LogP) is 3.17. The van der Waals surface area contributed by atoms with Gasteiger partial charge in [0, 0.05) is 7.05 Å². The normalized spacial score (nSPS) is 22.0. The molecule has 0 radical (unpaired) electrons. The van der Waals surface area contributed by atoms with Gasteiger partial charge in [0.1, 0.15) is 0 Å². The molecule has 1 saturated heterocycles. The number of hydrogen-bond donors (Lipinski definition) is 0. The highest BCUT2D eigenvalue weighted by molar-refractivity contribution is 5.98. The van der Waals surface area contributed by atoms with Gasteiger partial charge in [0.15, 0.2) is 0 Å². The van der Waals surface area contributed by atoms with E-state index in [0.717, 1.165) is 31.2 Å². The molecule has 21 heavy (non-hydrogen) atoms. The molecule has 1 aromatic rings. The van der Waals surface area contributed by atoms with E-state index in [-0.39, 0.29) is 17.5 Å². The topological polar surface area (TPSA) is 40.6 Å². The van der Waals surface area contributed by atoms with Crippen molar-refractivity contribution in [2.24, 2.45) is 0 Å². The number of nitrogens with zero attached hydrogens (tertiary/aromatic N) is 2. The molecule has 4 nitrogen and oxygen atoms in total. The lowest BCUT2D eigenvalue weighted by Gasteiger charge is -2.49. The van der Waals surface area contributed by atoms with Gasteiger partial charge in [0.05, 0.1) is 18.5 Å². The lowest BCUT2D eigenvalue weighted by Crippen LogP contribution is -2.62. The van der Waals surface area contributed by atoms with Crippen molar-refractivity contribution in [1.82, 2.24) is 9.80 Å². The highest BCUT2D eigenvalue weighted by atomic mass is 16.2. The average Bonchev–Trinajstić information content (AvgIpc) is 2.52. The maximum Gasteiger partial charge on any atom is 0.327 e. The summed E-state index contributed by atoms with van der Waals surface area (Å²) in [7, 11) is 1.86. The summed E-state index contributed by atoms with van der Waals surface area (Å²) in [5.74, 6) is -0.0242. The van der Waals surface area contributed by atoms with Crippen LogP contribution in [0.2, 0.25) is 0 Å². The molecule has 0 bridgehead atoms. The van der Waals surface area contributed by atoms with Crippen molar-refractivity contribution in [2.45, 2.75) is 50.6 Å². The summed E-state index contributed by atoms with van der Waals surface area (Å²) in [6.45, 7) is 0.374. The van der Waals surface area contributed by atoms with Crippen LogP contribution in [0.5, 0.6) is 0 Å². The first-order valence-corrected chi connectivity index (χ1v) is 7.74. The molecule has 1 heterocycles. The Hall–Kier alpha value is -1.84. The van der Waals surface area contributed by atoms with Crippen molar-refractivity contribution >= 4 is 11.9 Å². The Labute approximate surface area is 125 Å². The van der Waals surface area contributed by atoms with Gasteiger partial charge in [0.25, 0.3) is 0 Å². The zero-order valence-corrected chi connectivity index (χ0v) is 12.5. The van der Waals surface area contributed by atoms with E-state index >= 15 is 0 Å². The average molecular weight is 286 g/mol. The molecule has 2 aliphatic rings. The molecule has 0 unspecified atom stereocenters. The number of rotatable bonds is 2. The lowest BCUT2D eigenvalue weighted by atomic mass is 9.77. The molecule has 1 spiro atoms. The Morgan fingerprint density at radius 1 is 1.05 bits per heavy atom. The van der Waals surface area contributed by atoms with E-state index in [4.69, 9.17) is 0 Å². The zero-order chi connectivity index (χ0) is 14.9. The van der Waals surface area contributed by atoms with E-state index in [1.807, 2.05) is 42.3 Å². The summed E-state index contributed by atoms with van der Waals surface area (Å²) in [5, 5.41) is 0. The van der Waals surface area contributed by atoms with Gasteiger partial charge in [-0.15, -0.1) is 0 Å². The molecule has 3 rings (SSSR count). The van der Waals surface area contributed by atoms with Crippen LogP contribution in [0, 0.1) is 0 Å². The van der Waals surface area contributed by atoms with Crippen molar-refractivity contribution in [3.8, 4) is 0 Å². The van der Waals surface area contributed by atoms with Gasteiger partial charge >= 0.3 is 6.03 Å². The fourth-order valence-corrected chi connectivity index (χ4v) is 3.63. The van der Waals surface area contributed by atoms with Crippen LogP contribution in [0.3, 0.4) is 0 Å². The summed E-state index contributed by atoms with van der Waals surface area (Å²) >= 11 is 0. The van der Waals surface area contributed by atoms with Crippen LogP contribution in [0.25, 0.3) is 0 Å². The quantitative estimate of drug-likeness (QED) is 0.838. The Balaban J connectivity index is 1.79. The highest BCUT2D eigenvalue weighted by Crippen LogP contribution is 2.39. The number of benzene rings is 1. The third kappa shape index (κ3) is 2.55. The first-order valence-electron chi connectivity index (χ1n) is 7.74. The molecular weight excluding hydrogens is 264 g/mol. The van der Waals surface area contributed by atoms with E-state index in [9.17, 15) is 9.59 Å². The number of imide groups is 1. The third-order valence-corrected chi connectivity index (χ3v) is 4.98. The molecule has 1 aliphatic heterocycles. The molecule has 0 atom stereocenters. The fraction of sp³-hybridized carbons (Fsp3) is 0.529. The van der Waals surface area contributed by atoms with Crippen molar-refractivity contribution in [3.63, 3.8) is 0 Å². The Kier molecular flexibility index (Phi) is 3.70. The Morgan fingerprint density at radius 3 is 2.38 bits per heavy atom. The molecule has 112 valence electrons. The van der Waals surface area contributed by atoms with Gasteiger partial charge in [-0.05, 0) is 18.4 Å². The molecule has 1 aromatic carbocycles. The molecular formula is C17H22N2O2. The largest absolute Gasteiger partial charge is 0.327 e. The van der Waals surface area contributed by atoms with Crippen LogP contribution in [0.4, 0.5) is 4.79 Å². The third-order valence-electron chi connectivity index (χ3n) is 4.98. The predicted molar refractivity (Wildman–Crippen MR) is 80.6 cm³/mol. The van der Waals surface area contributed by atoms with Gasteiger partial charge in [-0.25, -0.2) is 4.79 Å². The monoisotopic (exact) mass is 286 g/mol. The van der Waals surface area contributed by atoms with Crippen LogP contribution >= 0.6 is 0 Å². The van der Waals surface area contributed by atoms with Crippen molar-refractivity contribution in [1.29, 1.82) is 0 Å². The van der Waals surface area contributed by atoms with Gasteiger partial charge in [-0.1, -0.05) is 49.6 Å². The minimum absolute atomic E-state index is 0.0242. The number of urea groups is 1. The van der Waals surface area contributed by atoms with Gasteiger partial charge in [-0.3, -0.25) is 9.69 Å². The number of hydrogen-bond acceptors (Lipinski definition) is 2. The number of amides is 3. The minimum atomic E-state index is -0.223. The molecule has 1 saturated carbocycles. The van der Waals surface area contributed by atoms with Crippen molar-refractivity contribution < 1.29 is 9.59 Å². The number of carbonyl (C=O) groups excluding carboxylic acids is 2. The second-order valence-corrected chi connectivity index (χ2v) is 6.27. The van der Waals surface area contributed by atoms with E-state index in [1.54, 1.807) is 0 Å². The summed E-state index contributed by atoms with van der Waals surface area (Å²) in [4.78, 5) is 28.4. The van der Waals surface area contributed by atoms with Gasteiger partial charge < -0.3 is 4.90 Å². The van der Waals surface area contributed by atoms with Gasteiger partial charge in [0.2, 0.25) is 5.91 Å². The second kappa shape index (κ2) is 5.51. The van der Waals surface area contributed by atoms with E-state index in [1.165, 1.54) is 11.3 Å². The van der Waals surface area contributed by atoms with Crippen LogP contribution in [0.1, 0.15) is 44.1 Å². The second-order valence-electron chi connectivity index (χ2n) is 6.27. The lowest BCUT2D eigenvalue weighted by molar-refractivity contribution is -0.137. The maximum atomic E-state index is 12.6. The molecule has 1 aliphatic carbocycles. The first-order chi connectivity index (χ1) is 10.1. The summed E-state index contributed by atoms with van der Waals surface area (Å²) < 4.78 is 0. The number of carbonyl (C=O) groups is 2. The van der Waals surface area contributed by atoms with E-state index in [0.29, 0.717) is 13.0 Å². The van der Waals surface area contributed by atoms with Crippen molar-refractivity contribution in [2.75, 3.05) is 7.05 Å². The smallest absolute Gasteiger partial charge is 0.321 e. The zero-order valence-electron chi connectivity index (χ0n) is 12.5. The van der Waals surface area contributed by atoms with Crippen LogP contribution in [-0.2, 0) is 11.3 Å². The van der Waals surface area contributed by atoms with Crippen molar-refractivity contribution in [3.05, 3.63) is 35.9 Å². The fourth-order valence-electron chi connectivity index (χ4n) is 3.63. The minimum Gasteiger partial charge on any atom is -0.321 e. The van der Waals surface area contributed by atoms with Crippen LogP contribution < -0.4 is 0 Å². The Morgan fingerprint density at radius 2 is 1.71 bits per heavy atom. The molecule has 4 heteroatoms. The van der Waals surface area contributed by atoms with E-state index in [2.05, 4.69) is 0 Å². The van der Waals surface area contributed by atoms with Crippen LogP contribution in [0.15, 0.2) is 30.3 Å². The molecule has 3 amide bonds. The molecule has 2 fully saturated rings. The van der Waals surface area contributed by atoms with Gasteiger partial charge in [-0.2, -0.15) is 0 Å². The van der Waals surface area contributed by atoms with E-state index < -0.39 is 0 Å². The molecule has 0 aromatic heterocycles. The summed E-state index contributed by atoms with van der Waals surface area (Å²) in [6, 6.07) is 9.56. The Bertz CT molecular complexity index is 535.